The quantitative estimate of drug-likeness (QED) is 0.510. The summed E-state index contributed by atoms with van der Waals surface area (Å²) in [5, 5.41) is 9.46. The van der Waals surface area contributed by atoms with Crippen LogP contribution in [0.15, 0.2) is 29.3 Å². The van der Waals surface area contributed by atoms with Crippen LogP contribution in [-0.4, -0.2) is 31.0 Å². The maximum absolute atomic E-state index is 12.0. The zero-order chi connectivity index (χ0) is 17.1. The van der Waals surface area contributed by atoms with Crippen LogP contribution >= 0.6 is 0 Å². The average Bonchev–Trinajstić information content (AvgIpc) is 2.57. The number of carbonyl (C=O) groups excluding carboxylic acids is 1. The van der Waals surface area contributed by atoms with Gasteiger partial charge in [-0.2, -0.15) is 0 Å². The summed E-state index contributed by atoms with van der Waals surface area (Å²) in [6.07, 6.45) is 1.99. The van der Waals surface area contributed by atoms with Gasteiger partial charge in [-0.1, -0.05) is 26.0 Å². The van der Waals surface area contributed by atoms with Crippen molar-refractivity contribution in [3.05, 3.63) is 35.4 Å². The molecule has 0 fully saturated rings. The fourth-order valence-corrected chi connectivity index (χ4v) is 1.93. The van der Waals surface area contributed by atoms with E-state index in [1.807, 2.05) is 38.1 Å². The number of guanidine groups is 1. The Kier molecular flexibility index (Phi) is 8.80. The monoisotopic (exact) mass is 318 g/mol. The molecule has 0 aliphatic heterocycles. The van der Waals surface area contributed by atoms with Crippen molar-refractivity contribution in [1.82, 2.24) is 16.0 Å². The number of aliphatic imine (C=N–C) groups is 1. The summed E-state index contributed by atoms with van der Waals surface area (Å²) >= 11 is 0. The van der Waals surface area contributed by atoms with Crippen molar-refractivity contribution < 1.29 is 4.79 Å². The van der Waals surface area contributed by atoms with Crippen molar-refractivity contribution in [2.75, 3.05) is 13.1 Å². The van der Waals surface area contributed by atoms with Gasteiger partial charge in [0.15, 0.2) is 5.96 Å². The molecule has 1 rings (SSSR count). The summed E-state index contributed by atoms with van der Waals surface area (Å²) in [7, 11) is 0. The first kappa shape index (κ1) is 19.0. The van der Waals surface area contributed by atoms with E-state index in [0.717, 1.165) is 37.5 Å². The van der Waals surface area contributed by atoms with Crippen LogP contribution in [0.25, 0.3) is 0 Å². The van der Waals surface area contributed by atoms with E-state index in [9.17, 15) is 4.79 Å². The second-order valence-corrected chi connectivity index (χ2v) is 5.60. The Morgan fingerprint density at radius 2 is 1.83 bits per heavy atom. The number of carbonyl (C=O) groups is 1. The van der Waals surface area contributed by atoms with E-state index in [2.05, 4.69) is 34.8 Å². The molecule has 3 N–H and O–H groups in total. The largest absolute Gasteiger partial charge is 0.357 e. The summed E-state index contributed by atoms with van der Waals surface area (Å²) in [6, 6.07) is 7.82. The molecule has 1 atom stereocenters. The van der Waals surface area contributed by atoms with E-state index >= 15 is 0 Å². The fourth-order valence-electron chi connectivity index (χ4n) is 1.93. The molecule has 1 amide bonds. The van der Waals surface area contributed by atoms with E-state index in [4.69, 9.17) is 0 Å². The number of nitrogens with one attached hydrogen (secondary N) is 3. The molecular weight excluding hydrogens is 288 g/mol. The number of amides is 1. The Bertz CT molecular complexity index is 496. The highest BCUT2D eigenvalue weighted by atomic mass is 16.1. The normalized spacial score (nSPS) is 12.6. The fraction of sp³-hybridized carbons (Fsp3) is 0.556. The Morgan fingerprint density at radius 3 is 2.39 bits per heavy atom. The standard InChI is InChI=1S/C18H30N4O/c1-5-12-20-18(19-7-3)21-13-15-8-10-16(11-9-15)17(23)22-14(4)6-2/h8-11,14H,5-7,12-13H2,1-4H3,(H,22,23)(H2,19,20,21). The number of hydrogen-bond donors (Lipinski definition) is 3. The van der Waals surface area contributed by atoms with Crippen molar-refractivity contribution in [3.63, 3.8) is 0 Å². The van der Waals surface area contributed by atoms with Gasteiger partial charge in [0.2, 0.25) is 0 Å². The summed E-state index contributed by atoms with van der Waals surface area (Å²) in [5.41, 5.74) is 1.77. The molecule has 0 aromatic heterocycles. The third-order valence-corrected chi connectivity index (χ3v) is 3.51. The molecule has 0 heterocycles. The van der Waals surface area contributed by atoms with Gasteiger partial charge in [0.25, 0.3) is 5.91 Å². The van der Waals surface area contributed by atoms with Crippen molar-refractivity contribution >= 4 is 11.9 Å². The van der Waals surface area contributed by atoms with Crippen molar-refractivity contribution in [2.24, 2.45) is 4.99 Å². The maximum atomic E-state index is 12.0. The average molecular weight is 318 g/mol. The van der Waals surface area contributed by atoms with Gasteiger partial charge in [0.05, 0.1) is 6.54 Å². The molecular formula is C18H30N4O. The lowest BCUT2D eigenvalue weighted by atomic mass is 10.1. The van der Waals surface area contributed by atoms with Gasteiger partial charge in [0.1, 0.15) is 0 Å². The Hall–Kier alpha value is -2.04. The zero-order valence-corrected chi connectivity index (χ0v) is 14.8. The molecule has 5 nitrogen and oxygen atoms in total. The molecule has 1 aromatic rings. The molecule has 0 saturated carbocycles. The molecule has 5 heteroatoms. The lowest BCUT2D eigenvalue weighted by Crippen LogP contribution is -2.37. The summed E-state index contributed by atoms with van der Waals surface area (Å²) in [6.45, 7) is 10.6. The summed E-state index contributed by atoms with van der Waals surface area (Å²) < 4.78 is 0. The third-order valence-electron chi connectivity index (χ3n) is 3.51. The van der Waals surface area contributed by atoms with Crippen LogP contribution in [0, 0.1) is 0 Å². The molecule has 23 heavy (non-hydrogen) atoms. The smallest absolute Gasteiger partial charge is 0.251 e. The predicted octanol–water partition coefficient (Wildman–Crippen LogP) is 2.68. The second-order valence-electron chi connectivity index (χ2n) is 5.60. The van der Waals surface area contributed by atoms with Crippen LogP contribution in [0.2, 0.25) is 0 Å². The number of hydrogen-bond acceptors (Lipinski definition) is 2. The summed E-state index contributed by atoms with van der Waals surface area (Å²) in [5.74, 6) is 0.806. The second kappa shape index (κ2) is 10.6. The lowest BCUT2D eigenvalue weighted by Gasteiger charge is -2.12. The number of benzene rings is 1. The molecule has 0 aliphatic carbocycles. The van der Waals surface area contributed by atoms with Gasteiger partial charge in [0, 0.05) is 24.7 Å². The molecule has 0 radical (unpaired) electrons. The van der Waals surface area contributed by atoms with Gasteiger partial charge in [-0.15, -0.1) is 0 Å². The first-order chi connectivity index (χ1) is 11.1. The predicted molar refractivity (Wildman–Crippen MR) is 96.8 cm³/mol. The van der Waals surface area contributed by atoms with E-state index in [0.29, 0.717) is 12.1 Å². The Labute approximate surface area is 140 Å². The molecule has 0 saturated heterocycles. The minimum Gasteiger partial charge on any atom is -0.357 e. The molecule has 1 aromatic carbocycles. The highest BCUT2D eigenvalue weighted by Crippen LogP contribution is 2.06. The van der Waals surface area contributed by atoms with E-state index in [1.165, 1.54) is 0 Å². The van der Waals surface area contributed by atoms with Crippen LogP contribution in [0.4, 0.5) is 0 Å². The van der Waals surface area contributed by atoms with Crippen LogP contribution in [0.5, 0.6) is 0 Å². The van der Waals surface area contributed by atoms with Gasteiger partial charge in [-0.05, 0) is 44.4 Å². The minimum absolute atomic E-state index is 0.0210. The Morgan fingerprint density at radius 1 is 1.13 bits per heavy atom. The van der Waals surface area contributed by atoms with Gasteiger partial charge in [-0.3, -0.25) is 4.79 Å². The van der Waals surface area contributed by atoms with Crippen molar-refractivity contribution in [2.45, 2.75) is 53.1 Å². The lowest BCUT2D eigenvalue weighted by molar-refractivity contribution is 0.0939. The van der Waals surface area contributed by atoms with Crippen molar-refractivity contribution in [3.8, 4) is 0 Å². The molecule has 0 spiro atoms. The van der Waals surface area contributed by atoms with Crippen LogP contribution in [0.1, 0.15) is 56.5 Å². The molecule has 0 bridgehead atoms. The maximum Gasteiger partial charge on any atom is 0.251 e. The van der Waals surface area contributed by atoms with Crippen molar-refractivity contribution in [1.29, 1.82) is 0 Å². The molecule has 0 aliphatic rings. The van der Waals surface area contributed by atoms with Crippen LogP contribution < -0.4 is 16.0 Å². The first-order valence-electron chi connectivity index (χ1n) is 8.52. The number of nitrogens with zero attached hydrogens (tertiary/aromatic N) is 1. The SMILES string of the molecule is CCCNC(=NCc1ccc(C(=O)NC(C)CC)cc1)NCC. The summed E-state index contributed by atoms with van der Waals surface area (Å²) in [4.78, 5) is 16.6. The van der Waals surface area contributed by atoms with Gasteiger partial charge >= 0.3 is 0 Å². The molecule has 1 unspecified atom stereocenters. The first-order valence-corrected chi connectivity index (χ1v) is 8.52. The van der Waals surface area contributed by atoms with Gasteiger partial charge in [-0.25, -0.2) is 4.99 Å². The van der Waals surface area contributed by atoms with E-state index in [1.54, 1.807) is 0 Å². The highest BCUT2D eigenvalue weighted by molar-refractivity contribution is 5.94. The van der Waals surface area contributed by atoms with E-state index < -0.39 is 0 Å². The van der Waals surface area contributed by atoms with Gasteiger partial charge < -0.3 is 16.0 Å². The van der Waals surface area contributed by atoms with Crippen LogP contribution in [0.3, 0.4) is 0 Å². The topological polar surface area (TPSA) is 65.5 Å². The third kappa shape index (κ3) is 7.17. The number of rotatable bonds is 8. The van der Waals surface area contributed by atoms with E-state index in [-0.39, 0.29) is 11.9 Å². The zero-order valence-electron chi connectivity index (χ0n) is 14.8. The Balaban J connectivity index is 2.63. The minimum atomic E-state index is -0.0210. The highest BCUT2D eigenvalue weighted by Gasteiger charge is 2.08. The molecule has 128 valence electrons. The van der Waals surface area contributed by atoms with Crippen LogP contribution in [-0.2, 0) is 6.54 Å².